The zero-order chi connectivity index (χ0) is 25.5. The zero-order valence-corrected chi connectivity index (χ0v) is 21.3. The van der Waals surface area contributed by atoms with Gasteiger partial charge in [-0.05, 0) is 54.0 Å². The number of aromatic nitrogens is 2. The van der Waals surface area contributed by atoms with Gasteiger partial charge in [0, 0.05) is 39.3 Å². The van der Waals surface area contributed by atoms with E-state index in [1.54, 1.807) is 25.2 Å². The predicted octanol–water partition coefficient (Wildman–Crippen LogP) is 3.94. The number of carbonyl (C=O) groups excluding carboxylic acids is 2. The maximum absolute atomic E-state index is 13.2. The van der Waals surface area contributed by atoms with Crippen molar-refractivity contribution in [1.29, 1.82) is 0 Å². The monoisotopic (exact) mass is 484 g/mol. The Hall–Kier alpha value is -3.07. The number of urea groups is 1. The summed E-state index contributed by atoms with van der Waals surface area (Å²) < 4.78 is 13.2. The molecule has 190 valence electrons. The first kappa shape index (κ1) is 26.5. The second kappa shape index (κ2) is 12.1. The topological polar surface area (TPSA) is 90.5 Å². The van der Waals surface area contributed by atoms with Crippen LogP contribution in [0.2, 0.25) is 0 Å². The van der Waals surface area contributed by atoms with Gasteiger partial charge >= 0.3 is 6.03 Å². The highest BCUT2D eigenvalue weighted by atomic mass is 19.1. The number of halogens is 1. The van der Waals surface area contributed by atoms with Crippen molar-refractivity contribution in [2.75, 3.05) is 32.0 Å². The lowest BCUT2D eigenvalue weighted by Crippen LogP contribution is -2.53. The molecule has 0 radical (unpaired) electrons. The first-order chi connectivity index (χ1) is 16.6. The molecule has 35 heavy (non-hydrogen) atoms. The number of rotatable bonds is 8. The molecular weight excluding hydrogens is 447 g/mol. The number of hydrogen-bond acceptors (Lipinski definition) is 5. The lowest BCUT2D eigenvalue weighted by Gasteiger charge is -2.34. The fourth-order valence-corrected chi connectivity index (χ4v) is 4.27. The molecule has 1 atom stereocenters. The summed E-state index contributed by atoms with van der Waals surface area (Å²) in [6.07, 6.45) is 1.65. The molecule has 0 aliphatic carbocycles. The second-order valence-electron chi connectivity index (χ2n) is 10.1. The van der Waals surface area contributed by atoms with Crippen LogP contribution >= 0.6 is 0 Å². The number of piperazine rings is 1. The van der Waals surface area contributed by atoms with E-state index >= 15 is 0 Å². The van der Waals surface area contributed by atoms with E-state index in [-0.39, 0.29) is 23.8 Å². The molecule has 8 nitrogen and oxygen atoms in total. The quantitative estimate of drug-likeness (QED) is 0.592. The summed E-state index contributed by atoms with van der Waals surface area (Å²) in [5, 5.41) is 14.7. The molecule has 0 unspecified atom stereocenters. The van der Waals surface area contributed by atoms with Gasteiger partial charge in [0.15, 0.2) is 11.5 Å². The van der Waals surface area contributed by atoms with Crippen molar-refractivity contribution in [2.45, 2.75) is 53.1 Å². The van der Waals surface area contributed by atoms with Crippen LogP contribution in [0.15, 0.2) is 30.3 Å². The minimum atomic E-state index is -0.355. The number of anilines is 1. The number of nitrogens with one attached hydrogen (secondary N) is 2. The molecule has 3 amide bonds. The van der Waals surface area contributed by atoms with Crippen LogP contribution < -0.4 is 10.6 Å². The molecule has 2 aromatic rings. The van der Waals surface area contributed by atoms with E-state index in [1.165, 1.54) is 17.0 Å². The molecule has 2 N–H and O–H groups in total. The summed E-state index contributed by atoms with van der Waals surface area (Å²) in [6.45, 7) is 10.8. The second-order valence-corrected chi connectivity index (χ2v) is 10.1. The largest absolute Gasteiger partial charge is 0.334 e. The maximum Gasteiger partial charge on any atom is 0.323 e. The molecule has 0 bridgehead atoms. The van der Waals surface area contributed by atoms with Gasteiger partial charge in [-0.3, -0.25) is 10.1 Å². The Morgan fingerprint density at radius 1 is 1.17 bits per heavy atom. The Bertz CT molecular complexity index is 1010. The van der Waals surface area contributed by atoms with Gasteiger partial charge in [0.2, 0.25) is 0 Å². The van der Waals surface area contributed by atoms with Crippen molar-refractivity contribution in [3.63, 3.8) is 0 Å². The Kier molecular flexibility index (Phi) is 9.14. The van der Waals surface area contributed by atoms with Crippen molar-refractivity contribution in [1.82, 2.24) is 25.3 Å². The highest BCUT2D eigenvalue weighted by Crippen LogP contribution is 2.20. The van der Waals surface area contributed by atoms with Crippen LogP contribution in [-0.4, -0.2) is 64.7 Å². The van der Waals surface area contributed by atoms with Gasteiger partial charge < -0.3 is 15.1 Å². The summed E-state index contributed by atoms with van der Waals surface area (Å²) in [7, 11) is 1.66. The number of benzene rings is 1. The van der Waals surface area contributed by atoms with E-state index in [0.29, 0.717) is 49.4 Å². The van der Waals surface area contributed by atoms with Crippen LogP contribution in [-0.2, 0) is 13.0 Å². The summed E-state index contributed by atoms with van der Waals surface area (Å²) in [4.78, 5) is 29.3. The molecule has 1 aromatic heterocycles. The van der Waals surface area contributed by atoms with Crippen LogP contribution in [0, 0.1) is 17.7 Å². The summed E-state index contributed by atoms with van der Waals surface area (Å²) in [5.74, 6) is 0.738. The standard InChI is InChI=1S/C26H37FN6O2/c1-17(2)12-20-14-23(25(34)33-11-10-28-22(16-33)13-18(3)4)30-31-24(20)29-26(35)32(5)15-19-6-8-21(27)9-7-19/h6-9,14,17-18,22,28H,10-13,15-16H2,1-5H3,(H,29,31,35)/t22-/m0/s1. The third kappa shape index (κ3) is 7.71. The van der Waals surface area contributed by atoms with Crippen molar-refractivity contribution >= 4 is 17.8 Å². The fourth-order valence-electron chi connectivity index (χ4n) is 4.27. The minimum Gasteiger partial charge on any atom is -0.334 e. The third-order valence-corrected chi connectivity index (χ3v) is 5.92. The lowest BCUT2D eigenvalue weighted by atomic mass is 10.0. The summed E-state index contributed by atoms with van der Waals surface area (Å²) in [6, 6.07) is 7.69. The van der Waals surface area contributed by atoms with Gasteiger partial charge in [0.05, 0.1) is 0 Å². The molecule has 1 aliphatic rings. The van der Waals surface area contributed by atoms with Crippen molar-refractivity contribution in [3.05, 3.63) is 53.0 Å². The summed E-state index contributed by atoms with van der Waals surface area (Å²) in [5.41, 5.74) is 1.88. The predicted molar refractivity (Wildman–Crippen MR) is 135 cm³/mol. The number of amides is 3. The SMILES string of the molecule is CC(C)Cc1cc(C(=O)N2CCN[C@@H](CC(C)C)C2)nnc1NC(=O)N(C)Cc1ccc(F)cc1. The number of carbonyl (C=O) groups is 2. The molecule has 0 saturated carbocycles. The first-order valence-electron chi connectivity index (χ1n) is 12.3. The number of nitrogens with zero attached hydrogens (tertiary/aromatic N) is 4. The van der Waals surface area contributed by atoms with Gasteiger partial charge in [0.25, 0.3) is 5.91 Å². The molecule has 1 aromatic carbocycles. The molecule has 1 aliphatic heterocycles. The van der Waals surface area contributed by atoms with Gasteiger partial charge in [0.1, 0.15) is 5.82 Å². The van der Waals surface area contributed by atoms with Crippen molar-refractivity contribution in [2.24, 2.45) is 11.8 Å². The van der Waals surface area contributed by atoms with Crippen LogP contribution in [0.3, 0.4) is 0 Å². The first-order valence-corrected chi connectivity index (χ1v) is 12.3. The van der Waals surface area contributed by atoms with Gasteiger partial charge in [-0.15, -0.1) is 10.2 Å². The Morgan fingerprint density at radius 3 is 2.54 bits per heavy atom. The van der Waals surface area contributed by atoms with Gasteiger partial charge in [-0.25, -0.2) is 9.18 Å². The summed E-state index contributed by atoms with van der Waals surface area (Å²) >= 11 is 0. The Balaban J connectivity index is 1.72. The molecule has 1 fully saturated rings. The van der Waals surface area contributed by atoms with Crippen LogP contribution in [0.25, 0.3) is 0 Å². The third-order valence-electron chi connectivity index (χ3n) is 5.92. The molecule has 2 heterocycles. The zero-order valence-electron chi connectivity index (χ0n) is 21.3. The molecular formula is C26H37FN6O2. The average molecular weight is 485 g/mol. The lowest BCUT2D eigenvalue weighted by molar-refractivity contribution is 0.0687. The number of hydrogen-bond donors (Lipinski definition) is 2. The molecule has 0 spiro atoms. The van der Waals surface area contributed by atoms with E-state index < -0.39 is 0 Å². The normalized spacial score (nSPS) is 16.0. The molecule has 1 saturated heterocycles. The highest BCUT2D eigenvalue weighted by molar-refractivity contribution is 5.93. The van der Waals surface area contributed by atoms with Gasteiger partial charge in [-0.2, -0.15) is 0 Å². The molecule has 9 heteroatoms. The fraction of sp³-hybridized carbons (Fsp3) is 0.538. The Labute approximate surface area is 207 Å². The minimum absolute atomic E-state index is 0.135. The van der Waals surface area contributed by atoms with E-state index in [9.17, 15) is 14.0 Å². The smallest absolute Gasteiger partial charge is 0.323 e. The van der Waals surface area contributed by atoms with Crippen LogP contribution in [0.4, 0.5) is 15.0 Å². The van der Waals surface area contributed by atoms with E-state index in [1.807, 2.05) is 4.90 Å². The van der Waals surface area contributed by atoms with E-state index in [2.05, 4.69) is 48.5 Å². The Morgan fingerprint density at radius 2 is 1.89 bits per heavy atom. The van der Waals surface area contributed by atoms with E-state index in [0.717, 1.165) is 24.1 Å². The highest BCUT2D eigenvalue weighted by Gasteiger charge is 2.26. The molecule has 3 rings (SSSR count). The van der Waals surface area contributed by atoms with E-state index in [4.69, 9.17) is 0 Å². The van der Waals surface area contributed by atoms with Crippen LogP contribution in [0.1, 0.15) is 55.7 Å². The van der Waals surface area contributed by atoms with Crippen LogP contribution in [0.5, 0.6) is 0 Å². The van der Waals surface area contributed by atoms with Crippen molar-refractivity contribution in [3.8, 4) is 0 Å². The van der Waals surface area contributed by atoms with Crippen molar-refractivity contribution < 1.29 is 14.0 Å². The average Bonchev–Trinajstić information content (AvgIpc) is 2.80. The maximum atomic E-state index is 13.2. The van der Waals surface area contributed by atoms with Gasteiger partial charge in [-0.1, -0.05) is 39.8 Å².